The van der Waals surface area contributed by atoms with Gasteiger partial charge < -0.3 is 9.64 Å². The van der Waals surface area contributed by atoms with Crippen LogP contribution in [0.5, 0.6) is 5.75 Å². The van der Waals surface area contributed by atoms with Crippen LogP contribution in [0.15, 0.2) is 42.5 Å². The zero-order valence-corrected chi connectivity index (χ0v) is 12.8. The third kappa shape index (κ3) is 2.68. The van der Waals surface area contributed by atoms with Gasteiger partial charge in [0.1, 0.15) is 28.7 Å². The Morgan fingerprint density at radius 2 is 2.12 bits per heavy atom. The summed E-state index contributed by atoms with van der Waals surface area (Å²) in [5.41, 5.74) is 1.75. The van der Waals surface area contributed by atoms with Gasteiger partial charge in [0.05, 0.1) is 12.1 Å². The van der Waals surface area contributed by atoms with Gasteiger partial charge in [-0.05, 0) is 24.3 Å². The van der Waals surface area contributed by atoms with Gasteiger partial charge in [0.2, 0.25) is 0 Å². The number of nitrogens with one attached hydrogen (secondary N) is 1. The van der Waals surface area contributed by atoms with Gasteiger partial charge in [-0.25, -0.2) is 4.39 Å². The lowest BCUT2D eigenvalue weighted by Gasteiger charge is -2.17. The summed E-state index contributed by atoms with van der Waals surface area (Å²) >= 11 is 0. The van der Waals surface area contributed by atoms with Gasteiger partial charge in [0.15, 0.2) is 0 Å². The highest BCUT2D eigenvalue weighted by Gasteiger charge is 2.29. The number of carbonyl (C=O) groups excluding carboxylic acids is 1. The summed E-state index contributed by atoms with van der Waals surface area (Å²) < 4.78 is 19.0. The van der Waals surface area contributed by atoms with E-state index in [4.69, 9.17) is 4.74 Å². The Morgan fingerprint density at radius 3 is 3.00 bits per heavy atom. The second-order valence-electron chi connectivity index (χ2n) is 5.73. The number of hydrogen-bond acceptors (Lipinski definition) is 4. The molecule has 1 N–H and O–H groups in total. The van der Waals surface area contributed by atoms with Crippen LogP contribution >= 0.6 is 0 Å². The molecule has 1 atom stereocenters. The Bertz CT molecular complexity index is 895. The molecule has 7 heteroatoms. The lowest BCUT2D eigenvalue weighted by atomic mass is 10.1. The number of para-hydroxylation sites is 1. The van der Waals surface area contributed by atoms with Crippen molar-refractivity contribution in [3.05, 3.63) is 53.8 Å². The van der Waals surface area contributed by atoms with E-state index in [0.717, 1.165) is 0 Å². The summed E-state index contributed by atoms with van der Waals surface area (Å²) in [5.74, 6) is 0.0453. The number of ether oxygens (including phenoxy) is 1. The van der Waals surface area contributed by atoms with Crippen LogP contribution < -0.4 is 4.74 Å². The average molecular weight is 326 g/mol. The highest BCUT2D eigenvalue weighted by molar-refractivity contribution is 6.04. The second kappa shape index (κ2) is 5.92. The molecule has 122 valence electrons. The predicted octanol–water partition coefficient (Wildman–Crippen LogP) is 2.39. The SMILES string of the molecule is O=C(c1cccc2n[nH]nc12)N1CC[C@H](Oc2cccc(F)c2)C1. The summed E-state index contributed by atoms with van der Waals surface area (Å²) in [6.07, 6.45) is 0.559. The van der Waals surface area contributed by atoms with E-state index >= 15 is 0 Å². The number of nitrogens with zero attached hydrogens (tertiary/aromatic N) is 3. The average Bonchev–Trinajstić information content (AvgIpc) is 3.23. The van der Waals surface area contributed by atoms with Crippen molar-refractivity contribution in [1.82, 2.24) is 20.3 Å². The van der Waals surface area contributed by atoms with Crippen LogP contribution in [0.1, 0.15) is 16.8 Å². The van der Waals surface area contributed by atoms with Crippen molar-refractivity contribution in [1.29, 1.82) is 0 Å². The van der Waals surface area contributed by atoms with E-state index in [1.54, 1.807) is 35.2 Å². The maximum atomic E-state index is 13.2. The maximum Gasteiger partial charge on any atom is 0.256 e. The number of aromatic amines is 1. The molecule has 1 saturated heterocycles. The Morgan fingerprint density at radius 1 is 1.25 bits per heavy atom. The molecule has 2 heterocycles. The fourth-order valence-electron chi connectivity index (χ4n) is 2.95. The standard InChI is InChI=1S/C17H15FN4O2/c18-11-3-1-4-12(9-11)24-13-7-8-22(10-13)17(23)14-5-2-6-15-16(14)20-21-19-15/h1-6,9,13H,7-8,10H2,(H,19,20,21)/t13-/m0/s1. The number of hydrogen-bond donors (Lipinski definition) is 1. The van der Waals surface area contributed by atoms with E-state index in [0.29, 0.717) is 41.9 Å². The number of benzene rings is 2. The van der Waals surface area contributed by atoms with Gasteiger partial charge in [0.25, 0.3) is 5.91 Å². The number of carbonyl (C=O) groups is 1. The van der Waals surface area contributed by atoms with Crippen molar-refractivity contribution < 1.29 is 13.9 Å². The molecule has 1 fully saturated rings. The van der Waals surface area contributed by atoms with Crippen molar-refractivity contribution in [2.45, 2.75) is 12.5 Å². The number of rotatable bonds is 3. The summed E-state index contributed by atoms with van der Waals surface area (Å²) in [6, 6.07) is 11.4. The Kier molecular flexibility index (Phi) is 3.60. The molecule has 0 aliphatic carbocycles. The van der Waals surface area contributed by atoms with Crippen molar-refractivity contribution in [3.8, 4) is 5.75 Å². The largest absolute Gasteiger partial charge is 0.488 e. The van der Waals surface area contributed by atoms with E-state index in [1.165, 1.54) is 12.1 Å². The Hall–Kier alpha value is -2.96. The van der Waals surface area contributed by atoms with E-state index in [1.807, 2.05) is 0 Å². The lowest BCUT2D eigenvalue weighted by Crippen LogP contribution is -2.31. The number of fused-ring (bicyclic) bond motifs is 1. The molecule has 1 aliphatic heterocycles. The van der Waals surface area contributed by atoms with E-state index in [2.05, 4.69) is 15.4 Å². The third-order valence-corrected chi connectivity index (χ3v) is 4.11. The molecular formula is C17H15FN4O2. The monoisotopic (exact) mass is 326 g/mol. The van der Waals surface area contributed by atoms with Crippen molar-refractivity contribution in [2.75, 3.05) is 13.1 Å². The minimum Gasteiger partial charge on any atom is -0.488 e. The minimum absolute atomic E-state index is 0.0974. The Balaban J connectivity index is 1.48. The van der Waals surface area contributed by atoms with Crippen LogP contribution in [-0.4, -0.2) is 45.4 Å². The molecule has 1 amide bonds. The zero-order valence-electron chi connectivity index (χ0n) is 12.8. The fourth-order valence-corrected chi connectivity index (χ4v) is 2.95. The van der Waals surface area contributed by atoms with Crippen molar-refractivity contribution >= 4 is 16.9 Å². The molecular weight excluding hydrogens is 311 g/mol. The van der Waals surface area contributed by atoms with Gasteiger partial charge in [-0.2, -0.15) is 15.4 Å². The van der Waals surface area contributed by atoms with E-state index in [-0.39, 0.29) is 17.8 Å². The Labute approximate surface area is 137 Å². The van der Waals surface area contributed by atoms with Crippen molar-refractivity contribution in [3.63, 3.8) is 0 Å². The summed E-state index contributed by atoms with van der Waals surface area (Å²) in [6.45, 7) is 1.05. The first-order chi connectivity index (χ1) is 11.7. The molecule has 0 bridgehead atoms. The molecule has 0 unspecified atom stereocenters. The molecule has 24 heavy (non-hydrogen) atoms. The van der Waals surface area contributed by atoms with E-state index < -0.39 is 0 Å². The van der Waals surface area contributed by atoms with Crippen molar-refractivity contribution in [2.24, 2.45) is 0 Å². The number of aromatic nitrogens is 3. The van der Waals surface area contributed by atoms with Crippen LogP contribution in [0.25, 0.3) is 11.0 Å². The molecule has 1 aliphatic rings. The van der Waals surface area contributed by atoms with Crippen LogP contribution in [0, 0.1) is 5.82 Å². The maximum absolute atomic E-state index is 13.2. The van der Waals surface area contributed by atoms with Gasteiger partial charge in [-0.3, -0.25) is 4.79 Å². The first-order valence-corrected chi connectivity index (χ1v) is 7.72. The smallest absolute Gasteiger partial charge is 0.256 e. The van der Waals surface area contributed by atoms with Gasteiger partial charge in [-0.15, -0.1) is 0 Å². The molecule has 0 saturated carbocycles. The molecule has 2 aromatic carbocycles. The molecule has 0 spiro atoms. The van der Waals surface area contributed by atoms with Crippen LogP contribution in [0.2, 0.25) is 0 Å². The summed E-state index contributed by atoms with van der Waals surface area (Å²) in [5, 5.41) is 10.6. The molecule has 4 rings (SSSR count). The number of H-pyrrole nitrogens is 1. The molecule has 0 radical (unpaired) electrons. The first-order valence-electron chi connectivity index (χ1n) is 7.72. The van der Waals surface area contributed by atoms with E-state index in [9.17, 15) is 9.18 Å². The normalized spacial score (nSPS) is 17.4. The quantitative estimate of drug-likeness (QED) is 0.802. The van der Waals surface area contributed by atoms with Gasteiger partial charge in [0, 0.05) is 19.0 Å². The summed E-state index contributed by atoms with van der Waals surface area (Å²) in [7, 11) is 0. The highest BCUT2D eigenvalue weighted by atomic mass is 19.1. The van der Waals surface area contributed by atoms with Crippen LogP contribution in [0.4, 0.5) is 4.39 Å². The minimum atomic E-state index is -0.337. The molecule has 1 aromatic heterocycles. The first kappa shape index (κ1) is 14.6. The predicted molar refractivity (Wildman–Crippen MR) is 85.2 cm³/mol. The third-order valence-electron chi connectivity index (χ3n) is 4.11. The number of likely N-dealkylation sites (tertiary alicyclic amines) is 1. The van der Waals surface area contributed by atoms with Gasteiger partial charge in [-0.1, -0.05) is 12.1 Å². The zero-order chi connectivity index (χ0) is 16.5. The lowest BCUT2D eigenvalue weighted by molar-refractivity contribution is 0.0774. The van der Waals surface area contributed by atoms with Crippen LogP contribution in [-0.2, 0) is 0 Å². The number of halogens is 1. The topological polar surface area (TPSA) is 71.1 Å². The van der Waals surface area contributed by atoms with Crippen LogP contribution in [0.3, 0.4) is 0 Å². The van der Waals surface area contributed by atoms with Gasteiger partial charge >= 0.3 is 0 Å². The second-order valence-corrected chi connectivity index (χ2v) is 5.73. The number of amides is 1. The highest BCUT2D eigenvalue weighted by Crippen LogP contribution is 2.22. The fraction of sp³-hybridized carbons (Fsp3) is 0.235. The summed E-state index contributed by atoms with van der Waals surface area (Å²) in [4.78, 5) is 14.5. The molecule has 6 nitrogen and oxygen atoms in total. The molecule has 3 aromatic rings.